The lowest BCUT2D eigenvalue weighted by Gasteiger charge is -2.18. The quantitative estimate of drug-likeness (QED) is 0.799. The number of nitrogens with two attached hydrogens (primary N) is 1. The Hall–Kier alpha value is -1.02. The zero-order chi connectivity index (χ0) is 13.5. The third-order valence-electron chi connectivity index (χ3n) is 3.51. The van der Waals surface area contributed by atoms with Crippen molar-refractivity contribution in [3.05, 3.63) is 29.3 Å². The fourth-order valence-corrected chi connectivity index (χ4v) is 1.85. The van der Waals surface area contributed by atoms with Crippen LogP contribution in [0.2, 0.25) is 0 Å². The maximum atomic E-state index is 6.05. The van der Waals surface area contributed by atoms with Crippen LogP contribution in [0.3, 0.4) is 0 Å². The molecule has 0 aliphatic rings. The van der Waals surface area contributed by atoms with E-state index < -0.39 is 0 Å². The molecule has 2 atom stereocenters. The van der Waals surface area contributed by atoms with Crippen LogP contribution in [0.5, 0.6) is 5.75 Å². The molecule has 0 radical (unpaired) electrons. The van der Waals surface area contributed by atoms with Gasteiger partial charge in [0.05, 0.1) is 6.61 Å². The Morgan fingerprint density at radius 3 is 2.56 bits per heavy atom. The zero-order valence-electron chi connectivity index (χ0n) is 12.2. The van der Waals surface area contributed by atoms with Gasteiger partial charge in [0, 0.05) is 6.04 Å². The average Bonchev–Trinajstić information content (AvgIpc) is 2.37. The van der Waals surface area contributed by atoms with Gasteiger partial charge in [0.25, 0.3) is 0 Å². The first-order valence-electron chi connectivity index (χ1n) is 7.05. The Morgan fingerprint density at radius 2 is 1.94 bits per heavy atom. The number of aryl methyl sites for hydroxylation is 1. The monoisotopic (exact) mass is 249 g/mol. The molecule has 0 aromatic heterocycles. The second-order valence-corrected chi connectivity index (χ2v) is 5.26. The summed E-state index contributed by atoms with van der Waals surface area (Å²) in [4.78, 5) is 0. The molecule has 1 aromatic carbocycles. The van der Waals surface area contributed by atoms with E-state index in [9.17, 15) is 0 Å². The van der Waals surface area contributed by atoms with Crippen molar-refractivity contribution in [2.24, 2.45) is 11.7 Å². The topological polar surface area (TPSA) is 35.2 Å². The Balaban J connectivity index is 2.80. The zero-order valence-corrected chi connectivity index (χ0v) is 12.2. The number of benzene rings is 1. The lowest BCUT2D eigenvalue weighted by molar-refractivity contribution is 0.252. The molecule has 102 valence electrons. The van der Waals surface area contributed by atoms with Gasteiger partial charge in [0.1, 0.15) is 5.75 Å². The second kappa shape index (κ2) is 7.42. The first kappa shape index (κ1) is 15.0. The van der Waals surface area contributed by atoms with E-state index in [0.29, 0.717) is 5.92 Å². The molecule has 0 bridgehead atoms. The summed E-state index contributed by atoms with van der Waals surface area (Å²) in [7, 11) is 0. The van der Waals surface area contributed by atoms with Crippen molar-refractivity contribution in [3.8, 4) is 5.75 Å². The minimum Gasteiger partial charge on any atom is -0.493 e. The van der Waals surface area contributed by atoms with Crippen LogP contribution in [0.4, 0.5) is 0 Å². The van der Waals surface area contributed by atoms with Gasteiger partial charge in [-0.3, -0.25) is 0 Å². The van der Waals surface area contributed by atoms with Gasteiger partial charge in [-0.25, -0.2) is 0 Å². The van der Waals surface area contributed by atoms with Gasteiger partial charge in [0.15, 0.2) is 0 Å². The summed E-state index contributed by atoms with van der Waals surface area (Å²) >= 11 is 0. The van der Waals surface area contributed by atoms with Crippen molar-refractivity contribution in [1.82, 2.24) is 0 Å². The number of ether oxygens (including phenoxy) is 1. The van der Waals surface area contributed by atoms with Gasteiger partial charge in [-0.1, -0.05) is 45.4 Å². The number of para-hydroxylation sites is 1. The van der Waals surface area contributed by atoms with Crippen molar-refractivity contribution in [1.29, 1.82) is 0 Å². The summed E-state index contributed by atoms with van der Waals surface area (Å²) < 4.78 is 6.01. The van der Waals surface area contributed by atoms with E-state index >= 15 is 0 Å². The molecule has 2 unspecified atom stereocenters. The van der Waals surface area contributed by atoms with Crippen molar-refractivity contribution < 1.29 is 4.74 Å². The standard InChI is InChI=1S/C16H27NO/c1-5-12(3)11-18-16-13(4)8-7-9-14(16)10-15(17)6-2/h7-9,12,15H,5-6,10-11,17H2,1-4H3. The second-order valence-electron chi connectivity index (χ2n) is 5.26. The lowest BCUT2D eigenvalue weighted by Crippen LogP contribution is -2.22. The van der Waals surface area contributed by atoms with E-state index in [1.54, 1.807) is 0 Å². The first-order chi connectivity index (χ1) is 8.58. The van der Waals surface area contributed by atoms with Gasteiger partial charge >= 0.3 is 0 Å². The summed E-state index contributed by atoms with van der Waals surface area (Å²) in [6, 6.07) is 6.54. The third-order valence-corrected chi connectivity index (χ3v) is 3.51. The molecule has 2 heteroatoms. The van der Waals surface area contributed by atoms with E-state index in [1.165, 1.54) is 11.1 Å². The van der Waals surface area contributed by atoms with E-state index in [0.717, 1.165) is 31.6 Å². The molecule has 0 heterocycles. The molecule has 0 saturated heterocycles. The number of rotatable bonds is 7. The normalized spacial score (nSPS) is 14.3. The van der Waals surface area contributed by atoms with Gasteiger partial charge in [-0.2, -0.15) is 0 Å². The summed E-state index contributed by atoms with van der Waals surface area (Å²) in [6.45, 7) is 9.43. The minimum absolute atomic E-state index is 0.220. The van der Waals surface area contributed by atoms with Crippen LogP contribution in [0.1, 0.15) is 44.7 Å². The number of hydrogen-bond acceptors (Lipinski definition) is 2. The van der Waals surface area contributed by atoms with E-state index in [-0.39, 0.29) is 6.04 Å². The maximum Gasteiger partial charge on any atom is 0.125 e. The Bertz CT molecular complexity index is 362. The highest BCUT2D eigenvalue weighted by atomic mass is 16.5. The predicted molar refractivity (Wildman–Crippen MR) is 78.1 cm³/mol. The molecule has 1 rings (SSSR count). The van der Waals surface area contributed by atoms with Crippen LogP contribution < -0.4 is 10.5 Å². The largest absolute Gasteiger partial charge is 0.493 e. The SMILES string of the molecule is CCC(C)COc1c(C)cccc1CC(N)CC. The summed E-state index contributed by atoms with van der Waals surface area (Å²) in [5, 5.41) is 0. The molecule has 0 aliphatic heterocycles. The third kappa shape index (κ3) is 4.34. The van der Waals surface area contributed by atoms with Gasteiger partial charge in [-0.15, -0.1) is 0 Å². The maximum absolute atomic E-state index is 6.05. The summed E-state index contributed by atoms with van der Waals surface area (Å²) in [5.41, 5.74) is 8.50. The van der Waals surface area contributed by atoms with Crippen molar-refractivity contribution in [3.63, 3.8) is 0 Å². The molecule has 0 spiro atoms. The fourth-order valence-electron chi connectivity index (χ4n) is 1.85. The van der Waals surface area contributed by atoms with E-state index in [4.69, 9.17) is 10.5 Å². The van der Waals surface area contributed by atoms with E-state index in [1.807, 2.05) is 0 Å². The fraction of sp³-hybridized carbons (Fsp3) is 0.625. The van der Waals surface area contributed by atoms with Crippen LogP contribution >= 0.6 is 0 Å². The Morgan fingerprint density at radius 1 is 1.22 bits per heavy atom. The van der Waals surface area contributed by atoms with Crippen LogP contribution in [-0.4, -0.2) is 12.6 Å². The van der Waals surface area contributed by atoms with Crippen molar-refractivity contribution in [2.45, 2.75) is 53.0 Å². The van der Waals surface area contributed by atoms with Crippen molar-refractivity contribution in [2.75, 3.05) is 6.61 Å². The lowest BCUT2D eigenvalue weighted by atomic mass is 10.0. The molecule has 0 fully saturated rings. The van der Waals surface area contributed by atoms with E-state index in [2.05, 4.69) is 45.9 Å². The van der Waals surface area contributed by atoms with Crippen LogP contribution in [0.15, 0.2) is 18.2 Å². The molecule has 2 N–H and O–H groups in total. The molecule has 2 nitrogen and oxygen atoms in total. The highest BCUT2D eigenvalue weighted by Gasteiger charge is 2.11. The average molecular weight is 249 g/mol. The van der Waals surface area contributed by atoms with Gasteiger partial charge in [0.2, 0.25) is 0 Å². The highest BCUT2D eigenvalue weighted by molar-refractivity contribution is 5.41. The molecule has 18 heavy (non-hydrogen) atoms. The van der Waals surface area contributed by atoms with Gasteiger partial charge in [-0.05, 0) is 36.8 Å². The van der Waals surface area contributed by atoms with Crippen molar-refractivity contribution >= 4 is 0 Å². The first-order valence-corrected chi connectivity index (χ1v) is 7.05. The molecule has 0 saturated carbocycles. The summed E-state index contributed by atoms with van der Waals surface area (Å²) in [5.74, 6) is 1.64. The summed E-state index contributed by atoms with van der Waals surface area (Å²) in [6.07, 6.45) is 3.04. The van der Waals surface area contributed by atoms with Gasteiger partial charge < -0.3 is 10.5 Å². The van der Waals surface area contributed by atoms with Crippen LogP contribution in [0.25, 0.3) is 0 Å². The molecule has 0 amide bonds. The molecular formula is C16H27NO. The molecule has 1 aromatic rings. The highest BCUT2D eigenvalue weighted by Crippen LogP contribution is 2.25. The Labute approximate surface area is 112 Å². The number of hydrogen-bond donors (Lipinski definition) is 1. The Kier molecular flexibility index (Phi) is 6.20. The van der Waals surface area contributed by atoms with Crippen LogP contribution in [-0.2, 0) is 6.42 Å². The predicted octanol–water partition coefficient (Wildman–Crippen LogP) is 3.70. The smallest absolute Gasteiger partial charge is 0.125 e. The minimum atomic E-state index is 0.220. The molecule has 0 aliphatic carbocycles. The van der Waals surface area contributed by atoms with Crippen LogP contribution in [0, 0.1) is 12.8 Å². The molecular weight excluding hydrogens is 222 g/mol.